The van der Waals surface area contributed by atoms with E-state index in [1.54, 1.807) is 13.8 Å². The number of halogens is 3. The average molecular weight is 288 g/mol. The summed E-state index contributed by atoms with van der Waals surface area (Å²) in [5.41, 5.74) is -0.744. The van der Waals surface area contributed by atoms with Gasteiger partial charge >= 0.3 is 6.18 Å². The predicted molar refractivity (Wildman–Crippen MR) is 70.3 cm³/mol. The van der Waals surface area contributed by atoms with Gasteiger partial charge in [0.1, 0.15) is 0 Å². The summed E-state index contributed by atoms with van der Waals surface area (Å²) in [7, 11) is 0. The zero-order chi connectivity index (χ0) is 15.6. The van der Waals surface area contributed by atoms with Gasteiger partial charge in [0, 0.05) is 5.41 Å². The van der Waals surface area contributed by atoms with Crippen LogP contribution in [0.4, 0.5) is 13.2 Å². The van der Waals surface area contributed by atoms with E-state index in [9.17, 15) is 18.0 Å². The number of hydrazine groups is 1. The van der Waals surface area contributed by atoms with Crippen molar-refractivity contribution in [2.24, 2.45) is 11.3 Å². The Kier molecular flexibility index (Phi) is 4.81. The monoisotopic (exact) mass is 288 g/mol. The van der Waals surface area contributed by atoms with Gasteiger partial charge in [-0.05, 0) is 24.1 Å². The molecule has 0 heterocycles. The van der Waals surface area contributed by atoms with Crippen molar-refractivity contribution in [3.05, 3.63) is 35.4 Å². The van der Waals surface area contributed by atoms with E-state index in [4.69, 9.17) is 5.84 Å². The highest BCUT2D eigenvalue weighted by molar-refractivity contribution is 5.81. The van der Waals surface area contributed by atoms with Gasteiger partial charge in [0.25, 0.3) is 0 Å². The van der Waals surface area contributed by atoms with Crippen molar-refractivity contribution in [3.8, 4) is 0 Å². The first-order valence-electron chi connectivity index (χ1n) is 6.30. The van der Waals surface area contributed by atoms with Crippen molar-refractivity contribution in [3.63, 3.8) is 0 Å². The van der Waals surface area contributed by atoms with Crippen LogP contribution in [0.3, 0.4) is 0 Å². The minimum Gasteiger partial charge on any atom is -0.276 e. The average Bonchev–Trinajstić information content (AvgIpc) is 2.37. The molecule has 20 heavy (non-hydrogen) atoms. The van der Waals surface area contributed by atoms with E-state index in [1.165, 1.54) is 12.1 Å². The lowest BCUT2D eigenvalue weighted by molar-refractivity contribution is -0.141. The number of benzene rings is 1. The second kappa shape index (κ2) is 5.83. The van der Waals surface area contributed by atoms with Gasteiger partial charge in [0.2, 0.25) is 5.91 Å². The Bertz CT molecular complexity index is 466. The van der Waals surface area contributed by atoms with E-state index in [1.807, 2.05) is 6.92 Å². The molecule has 2 N–H and O–H groups in total. The number of alkyl halides is 3. The minimum absolute atomic E-state index is 0.0837. The highest BCUT2D eigenvalue weighted by atomic mass is 19.4. The molecule has 0 aliphatic rings. The number of amides is 1. The molecule has 0 bridgehead atoms. The van der Waals surface area contributed by atoms with Gasteiger partial charge < -0.3 is 0 Å². The zero-order valence-corrected chi connectivity index (χ0v) is 11.8. The molecule has 0 saturated heterocycles. The highest BCUT2D eigenvalue weighted by Gasteiger charge is 2.31. The molecule has 3 nitrogen and oxygen atoms in total. The molecule has 0 aliphatic carbocycles. The SMILES string of the molecule is CCC(C)(C)C(=O)N(N)Cc1ccc(C(F)(F)F)cc1. The lowest BCUT2D eigenvalue weighted by Crippen LogP contribution is -2.44. The molecular formula is C14H19F3N2O. The van der Waals surface area contributed by atoms with E-state index in [0.29, 0.717) is 12.0 Å². The number of nitrogens with two attached hydrogens (primary N) is 1. The molecule has 0 spiro atoms. The van der Waals surface area contributed by atoms with Gasteiger partial charge in [0.15, 0.2) is 0 Å². The molecule has 1 rings (SSSR count). The van der Waals surface area contributed by atoms with E-state index < -0.39 is 17.2 Å². The van der Waals surface area contributed by atoms with Crippen LogP contribution in [-0.4, -0.2) is 10.9 Å². The third-order valence-corrected chi connectivity index (χ3v) is 3.36. The summed E-state index contributed by atoms with van der Waals surface area (Å²) in [4.78, 5) is 12.0. The van der Waals surface area contributed by atoms with Crippen LogP contribution in [0.15, 0.2) is 24.3 Å². The normalized spacial score (nSPS) is 12.3. The van der Waals surface area contributed by atoms with E-state index in [-0.39, 0.29) is 12.5 Å². The number of carbonyl (C=O) groups is 1. The van der Waals surface area contributed by atoms with Crippen LogP contribution in [0.1, 0.15) is 38.3 Å². The maximum atomic E-state index is 12.4. The van der Waals surface area contributed by atoms with Crippen LogP contribution in [0.5, 0.6) is 0 Å². The Labute approximate surface area is 116 Å². The van der Waals surface area contributed by atoms with Crippen LogP contribution in [0, 0.1) is 5.41 Å². The number of rotatable bonds is 4. The van der Waals surface area contributed by atoms with Crippen molar-refractivity contribution < 1.29 is 18.0 Å². The molecule has 112 valence electrons. The Hall–Kier alpha value is -1.56. The second-order valence-electron chi connectivity index (χ2n) is 5.37. The largest absolute Gasteiger partial charge is 0.416 e. The molecule has 6 heteroatoms. The van der Waals surface area contributed by atoms with Gasteiger partial charge in [-0.3, -0.25) is 9.80 Å². The number of hydrogen-bond donors (Lipinski definition) is 1. The van der Waals surface area contributed by atoms with E-state index >= 15 is 0 Å². The molecular weight excluding hydrogens is 269 g/mol. The summed E-state index contributed by atoms with van der Waals surface area (Å²) < 4.78 is 37.3. The van der Waals surface area contributed by atoms with Gasteiger partial charge in [0.05, 0.1) is 12.1 Å². The van der Waals surface area contributed by atoms with Crippen molar-refractivity contribution in [2.75, 3.05) is 0 Å². The predicted octanol–water partition coefficient (Wildman–Crippen LogP) is 3.34. The lowest BCUT2D eigenvalue weighted by atomic mass is 9.89. The van der Waals surface area contributed by atoms with Crippen LogP contribution < -0.4 is 5.84 Å². The molecule has 1 amide bonds. The minimum atomic E-state index is -4.36. The molecule has 0 saturated carbocycles. The smallest absolute Gasteiger partial charge is 0.276 e. The Morgan fingerprint density at radius 2 is 1.70 bits per heavy atom. The Balaban J connectivity index is 2.77. The zero-order valence-electron chi connectivity index (χ0n) is 11.8. The van der Waals surface area contributed by atoms with E-state index in [0.717, 1.165) is 17.1 Å². The molecule has 0 unspecified atom stereocenters. The maximum Gasteiger partial charge on any atom is 0.416 e. The van der Waals surface area contributed by atoms with Crippen molar-refractivity contribution >= 4 is 5.91 Å². The summed E-state index contributed by atoms with van der Waals surface area (Å²) in [6.07, 6.45) is -3.73. The fourth-order valence-corrected chi connectivity index (χ4v) is 1.61. The third-order valence-electron chi connectivity index (χ3n) is 3.36. The first-order chi connectivity index (χ1) is 9.08. The second-order valence-corrected chi connectivity index (χ2v) is 5.37. The fraction of sp³-hybridized carbons (Fsp3) is 0.500. The Morgan fingerprint density at radius 1 is 1.20 bits per heavy atom. The van der Waals surface area contributed by atoms with Crippen molar-refractivity contribution in [1.82, 2.24) is 5.01 Å². The summed E-state index contributed by atoms with van der Waals surface area (Å²) in [6.45, 7) is 5.52. The summed E-state index contributed by atoms with van der Waals surface area (Å²) >= 11 is 0. The lowest BCUT2D eigenvalue weighted by Gasteiger charge is -2.27. The first-order valence-corrected chi connectivity index (χ1v) is 6.30. The van der Waals surface area contributed by atoms with Crippen molar-refractivity contribution in [2.45, 2.75) is 39.9 Å². The number of hydrogen-bond acceptors (Lipinski definition) is 2. The van der Waals surface area contributed by atoms with Gasteiger partial charge in [-0.15, -0.1) is 0 Å². The standard InChI is InChI=1S/C14H19F3N2O/c1-4-13(2,3)12(20)19(18)9-10-5-7-11(8-6-10)14(15,16)17/h5-8H,4,9,18H2,1-3H3. The topological polar surface area (TPSA) is 46.3 Å². The van der Waals surface area contributed by atoms with Gasteiger partial charge in [-0.2, -0.15) is 13.2 Å². The molecule has 0 atom stereocenters. The fourth-order valence-electron chi connectivity index (χ4n) is 1.61. The van der Waals surface area contributed by atoms with Crippen LogP contribution in [0.2, 0.25) is 0 Å². The summed E-state index contributed by atoms with van der Waals surface area (Å²) in [6, 6.07) is 4.63. The van der Waals surface area contributed by atoms with Crippen molar-refractivity contribution in [1.29, 1.82) is 0 Å². The van der Waals surface area contributed by atoms with Crippen LogP contribution in [0.25, 0.3) is 0 Å². The molecule has 1 aromatic rings. The maximum absolute atomic E-state index is 12.4. The highest BCUT2D eigenvalue weighted by Crippen LogP contribution is 2.29. The van der Waals surface area contributed by atoms with Crippen LogP contribution in [-0.2, 0) is 17.5 Å². The first kappa shape index (κ1) is 16.5. The number of carbonyl (C=O) groups excluding carboxylic acids is 1. The Morgan fingerprint density at radius 3 is 2.10 bits per heavy atom. The molecule has 1 aromatic carbocycles. The van der Waals surface area contributed by atoms with Gasteiger partial charge in [-0.1, -0.05) is 32.9 Å². The molecule has 0 fully saturated rings. The quantitative estimate of drug-likeness (QED) is 0.524. The third kappa shape index (κ3) is 3.96. The molecule has 0 aromatic heterocycles. The summed E-state index contributed by atoms with van der Waals surface area (Å²) in [5, 5.41) is 1.05. The van der Waals surface area contributed by atoms with Crippen LogP contribution >= 0.6 is 0 Å². The van der Waals surface area contributed by atoms with E-state index in [2.05, 4.69) is 0 Å². The summed E-state index contributed by atoms with van der Waals surface area (Å²) in [5.74, 6) is 5.46. The van der Waals surface area contributed by atoms with Gasteiger partial charge in [-0.25, -0.2) is 5.84 Å². The molecule has 0 aliphatic heterocycles. The number of nitrogens with zero attached hydrogens (tertiary/aromatic N) is 1. The molecule has 0 radical (unpaired) electrons.